The third-order valence-corrected chi connectivity index (χ3v) is 3.26. The maximum atomic E-state index is 12.1. The van der Waals surface area contributed by atoms with Gasteiger partial charge in [-0.25, -0.2) is 0 Å². The van der Waals surface area contributed by atoms with Gasteiger partial charge >= 0.3 is 0 Å². The highest BCUT2D eigenvalue weighted by molar-refractivity contribution is 5.96. The van der Waals surface area contributed by atoms with E-state index >= 15 is 0 Å². The lowest BCUT2D eigenvalue weighted by Gasteiger charge is -2.09. The molecule has 1 N–H and O–H groups in total. The predicted molar refractivity (Wildman–Crippen MR) is 77.2 cm³/mol. The monoisotopic (exact) mass is 273 g/mol. The van der Waals surface area contributed by atoms with Crippen molar-refractivity contribution < 1.29 is 13.9 Å². The van der Waals surface area contributed by atoms with Crippen molar-refractivity contribution in [3.8, 4) is 5.75 Å². The number of rotatable bonds is 5. The van der Waals surface area contributed by atoms with Crippen LogP contribution in [0.15, 0.2) is 34.9 Å². The second-order valence-electron chi connectivity index (χ2n) is 4.67. The summed E-state index contributed by atoms with van der Waals surface area (Å²) in [5.41, 5.74) is 2.57. The van der Waals surface area contributed by atoms with Crippen LogP contribution in [0.4, 0.5) is 0 Å². The molecule has 4 heteroatoms. The van der Waals surface area contributed by atoms with Gasteiger partial charge in [-0.3, -0.25) is 4.79 Å². The van der Waals surface area contributed by atoms with E-state index < -0.39 is 0 Å². The van der Waals surface area contributed by atoms with E-state index in [1.807, 2.05) is 31.2 Å². The molecule has 0 saturated heterocycles. The molecule has 106 valence electrons. The molecule has 0 unspecified atom stereocenters. The Morgan fingerprint density at radius 1 is 1.30 bits per heavy atom. The van der Waals surface area contributed by atoms with Gasteiger partial charge in [0.05, 0.1) is 18.9 Å². The molecule has 1 amide bonds. The van der Waals surface area contributed by atoms with E-state index in [0.29, 0.717) is 17.9 Å². The van der Waals surface area contributed by atoms with Crippen LogP contribution in [-0.2, 0) is 6.42 Å². The number of ether oxygens (including phenoxy) is 1. The van der Waals surface area contributed by atoms with Gasteiger partial charge in [0.1, 0.15) is 11.5 Å². The number of carbonyl (C=O) groups is 1. The highest BCUT2D eigenvalue weighted by Gasteiger charge is 2.15. The van der Waals surface area contributed by atoms with Crippen molar-refractivity contribution >= 4 is 5.91 Å². The van der Waals surface area contributed by atoms with Crippen LogP contribution in [-0.4, -0.2) is 19.6 Å². The average molecular weight is 273 g/mol. The van der Waals surface area contributed by atoms with E-state index in [1.54, 1.807) is 20.3 Å². The summed E-state index contributed by atoms with van der Waals surface area (Å²) in [5, 5.41) is 2.91. The van der Waals surface area contributed by atoms with Crippen molar-refractivity contribution in [1.82, 2.24) is 5.32 Å². The van der Waals surface area contributed by atoms with Gasteiger partial charge in [-0.1, -0.05) is 18.2 Å². The first-order chi connectivity index (χ1) is 9.63. The van der Waals surface area contributed by atoms with E-state index in [1.165, 1.54) is 0 Å². The molecule has 0 spiro atoms. The standard InChI is InChI=1S/C16H19NO3/c1-11-10-20-12(2)15(11)16(18)17-9-8-13-6-4-5-7-14(13)19-3/h4-7,10H,8-9H2,1-3H3,(H,17,18). The molecule has 1 aromatic heterocycles. The maximum Gasteiger partial charge on any atom is 0.255 e. The molecule has 0 saturated carbocycles. The summed E-state index contributed by atoms with van der Waals surface area (Å²) in [4.78, 5) is 12.1. The molecule has 2 rings (SSSR count). The van der Waals surface area contributed by atoms with Gasteiger partial charge in [-0.15, -0.1) is 0 Å². The van der Waals surface area contributed by atoms with Crippen LogP contribution < -0.4 is 10.1 Å². The van der Waals surface area contributed by atoms with Crippen molar-refractivity contribution in [2.45, 2.75) is 20.3 Å². The van der Waals surface area contributed by atoms with E-state index in [2.05, 4.69) is 5.32 Å². The van der Waals surface area contributed by atoms with Gasteiger partial charge in [0.2, 0.25) is 0 Å². The summed E-state index contributed by atoms with van der Waals surface area (Å²) in [5.74, 6) is 1.40. The predicted octanol–water partition coefficient (Wildman–Crippen LogP) is 2.88. The molecular formula is C16H19NO3. The Morgan fingerprint density at radius 3 is 2.70 bits per heavy atom. The molecule has 20 heavy (non-hydrogen) atoms. The number of para-hydroxylation sites is 1. The first kappa shape index (κ1) is 14.2. The normalized spacial score (nSPS) is 10.3. The third-order valence-electron chi connectivity index (χ3n) is 3.26. The number of furan rings is 1. The van der Waals surface area contributed by atoms with Gasteiger partial charge in [-0.05, 0) is 31.9 Å². The molecule has 0 bridgehead atoms. The number of methoxy groups -OCH3 is 1. The summed E-state index contributed by atoms with van der Waals surface area (Å²) in [7, 11) is 1.65. The number of nitrogens with one attached hydrogen (secondary N) is 1. The Kier molecular flexibility index (Phi) is 4.45. The van der Waals surface area contributed by atoms with Crippen LogP contribution in [0, 0.1) is 13.8 Å². The summed E-state index contributed by atoms with van der Waals surface area (Å²) in [6.07, 6.45) is 2.33. The Labute approximate surface area is 118 Å². The lowest BCUT2D eigenvalue weighted by molar-refractivity contribution is 0.0952. The fourth-order valence-electron chi connectivity index (χ4n) is 2.22. The first-order valence-corrected chi connectivity index (χ1v) is 6.58. The zero-order valence-corrected chi connectivity index (χ0v) is 12.0. The molecule has 0 atom stereocenters. The molecule has 4 nitrogen and oxygen atoms in total. The van der Waals surface area contributed by atoms with Crippen molar-refractivity contribution in [3.63, 3.8) is 0 Å². The highest BCUT2D eigenvalue weighted by atomic mass is 16.5. The van der Waals surface area contributed by atoms with Crippen molar-refractivity contribution in [3.05, 3.63) is 53.0 Å². The number of carbonyl (C=O) groups excluding carboxylic acids is 1. The number of hydrogen-bond acceptors (Lipinski definition) is 3. The molecule has 0 radical (unpaired) electrons. The van der Waals surface area contributed by atoms with Crippen LogP contribution in [0.2, 0.25) is 0 Å². The van der Waals surface area contributed by atoms with Crippen LogP contribution in [0.3, 0.4) is 0 Å². The lowest BCUT2D eigenvalue weighted by atomic mass is 10.1. The topological polar surface area (TPSA) is 51.5 Å². The van der Waals surface area contributed by atoms with Gasteiger partial charge in [0, 0.05) is 12.1 Å². The second kappa shape index (κ2) is 6.28. The van der Waals surface area contributed by atoms with E-state index in [4.69, 9.17) is 9.15 Å². The van der Waals surface area contributed by atoms with Crippen molar-refractivity contribution in [1.29, 1.82) is 0 Å². The van der Waals surface area contributed by atoms with Gasteiger partial charge in [-0.2, -0.15) is 0 Å². The molecule has 1 heterocycles. The van der Waals surface area contributed by atoms with Gasteiger partial charge < -0.3 is 14.5 Å². The summed E-state index contributed by atoms with van der Waals surface area (Å²) >= 11 is 0. The van der Waals surface area contributed by atoms with Gasteiger partial charge in [0.15, 0.2) is 0 Å². The molecule has 0 fully saturated rings. The number of amides is 1. The minimum absolute atomic E-state index is 0.0938. The minimum Gasteiger partial charge on any atom is -0.496 e. The molecule has 0 aliphatic rings. The van der Waals surface area contributed by atoms with E-state index in [-0.39, 0.29) is 5.91 Å². The quantitative estimate of drug-likeness (QED) is 0.911. The largest absolute Gasteiger partial charge is 0.496 e. The first-order valence-electron chi connectivity index (χ1n) is 6.58. The summed E-state index contributed by atoms with van der Waals surface area (Å²) in [6, 6.07) is 7.81. The molecule has 0 aliphatic carbocycles. The highest BCUT2D eigenvalue weighted by Crippen LogP contribution is 2.18. The van der Waals surface area contributed by atoms with Gasteiger partial charge in [0.25, 0.3) is 5.91 Å². The third kappa shape index (κ3) is 3.02. The molecular weight excluding hydrogens is 254 g/mol. The summed E-state index contributed by atoms with van der Waals surface area (Å²) in [6.45, 7) is 4.22. The smallest absolute Gasteiger partial charge is 0.255 e. The Bertz CT molecular complexity index is 582. The second-order valence-corrected chi connectivity index (χ2v) is 4.67. The van der Waals surface area contributed by atoms with Crippen molar-refractivity contribution in [2.24, 2.45) is 0 Å². The van der Waals surface area contributed by atoms with Crippen LogP contribution in [0.25, 0.3) is 0 Å². The Hall–Kier alpha value is -2.23. The summed E-state index contributed by atoms with van der Waals surface area (Å²) < 4.78 is 10.5. The maximum absolute atomic E-state index is 12.1. The number of benzene rings is 1. The number of hydrogen-bond donors (Lipinski definition) is 1. The van der Waals surface area contributed by atoms with Crippen LogP contribution in [0.5, 0.6) is 5.75 Å². The van der Waals surface area contributed by atoms with Crippen molar-refractivity contribution in [2.75, 3.05) is 13.7 Å². The molecule has 1 aromatic carbocycles. The zero-order valence-electron chi connectivity index (χ0n) is 12.0. The van der Waals surface area contributed by atoms with Crippen LogP contribution in [0.1, 0.15) is 27.2 Å². The Morgan fingerprint density at radius 2 is 2.05 bits per heavy atom. The SMILES string of the molecule is COc1ccccc1CCNC(=O)c1c(C)coc1C. The fraction of sp³-hybridized carbons (Fsp3) is 0.312. The zero-order chi connectivity index (χ0) is 14.5. The molecule has 0 aliphatic heterocycles. The fourth-order valence-corrected chi connectivity index (χ4v) is 2.22. The van der Waals surface area contributed by atoms with E-state index in [0.717, 1.165) is 23.3 Å². The Balaban J connectivity index is 1.95. The number of aryl methyl sites for hydroxylation is 2. The molecule has 2 aromatic rings. The average Bonchev–Trinajstić information content (AvgIpc) is 2.78. The van der Waals surface area contributed by atoms with E-state index in [9.17, 15) is 4.79 Å². The van der Waals surface area contributed by atoms with Crippen LogP contribution >= 0.6 is 0 Å². The minimum atomic E-state index is -0.0938. The lowest BCUT2D eigenvalue weighted by Crippen LogP contribution is -2.26.